The molecule has 1 spiro atoms. The van der Waals surface area contributed by atoms with Crippen molar-refractivity contribution in [1.29, 1.82) is 0 Å². The molecule has 0 radical (unpaired) electrons. The molecule has 0 aromatic heterocycles. The fourth-order valence-corrected chi connectivity index (χ4v) is 2.72. The standard InChI is InChI=1S/C12H13BrN2O2/c13-8-1-2-9-10(7-8)14-12(15-11(9)16)3-5-17-6-4-12/h1-2,7,14H,3-6H2,(H,15,16). The number of carbonyl (C=O) groups excluding carboxylic acids is 1. The zero-order valence-corrected chi connectivity index (χ0v) is 10.8. The van der Waals surface area contributed by atoms with Gasteiger partial charge in [-0.3, -0.25) is 4.79 Å². The van der Waals surface area contributed by atoms with E-state index in [1.165, 1.54) is 0 Å². The number of halogens is 1. The molecule has 17 heavy (non-hydrogen) atoms. The van der Waals surface area contributed by atoms with Crippen LogP contribution in [0.2, 0.25) is 0 Å². The van der Waals surface area contributed by atoms with E-state index in [4.69, 9.17) is 4.74 Å². The van der Waals surface area contributed by atoms with Gasteiger partial charge >= 0.3 is 0 Å². The van der Waals surface area contributed by atoms with E-state index in [1.54, 1.807) is 0 Å². The Bertz CT molecular complexity index is 470. The van der Waals surface area contributed by atoms with Crippen LogP contribution in [-0.2, 0) is 4.74 Å². The number of hydrogen-bond acceptors (Lipinski definition) is 3. The van der Waals surface area contributed by atoms with Crippen molar-refractivity contribution in [1.82, 2.24) is 5.32 Å². The average molecular weight is 297 g/mol. The summed E-state index contributed by atoms with van der Waals surface area (Å²) in [6.45, 7) is 1.35. The van der Waals surface area contributed by atoms with Crippen LogP contribution in [-0.4, -0.2) is 24.8 Å². The third-order valence-electron chi connectivity index (χ3n) is 3.30. The van der Waals surface area contributed by atoms with E-state index in [1.807, 2.05) is 18.2 Å². The Morgan fingerprint density at radius 1 is 1.24 bits per heavy atom. The second-order valence-electron chi connectivity index (χ2n) is 4.46. The second kappa shape index (κ2) is 3.99. The molecule has 2 aliphatic rings. The number of benzene rings is 1. The van der Waals surface area contributed by atoms with Gasteiger partial charge in [0.25, 0.3) is 5.91 Å². The van der Waals surface area contributed by atoms with E-state index in [-0.39, 0.29) is 11.6 Å². The van der Waals surface area contributed by atoms with Crippen LogP contribution in [0.15, 0.2) is 22.7 Å². The summed E-state index contributed by atoms with van der Waals surface area (Å²) < 4.78 is 6.32. The van der Waals surface area contributed by atoms with Gasteiger partial charge < -0.3 is 15.4 Å². The Morgan fingerprint density at radius 3 is 2.76 bits per heavy atom. The Hall–Kier alpha value is -1.07. The zero-order valence-electron chi connectivity index (χ0n) is 9.25. The molecule has 0 unspecified atom stereocenters. The highest BCUT2D eigenvalue weighted by Gasteiger charge is 2.38. The Morgan fingerprint density at radius 2 is 2.00 bits per heavy atom. The van der Waals surface area contributed by atoms with E-state index in [2.05, 4.69) is 26.6 Å². The van der Waals surface area contributed by atoms with Crippen LogP contribution in [0.4, 0.5) is 5.69 Å². The molecule has 0 saturated carbocycles. The SMILES string of the molecule is O=C1NC2(CCOCC2)Nc2cc(Br)ccc21. The van der Waals surface area contributed by atoms with Gasteiger partial charge in [-0.25, -0.2) is 0 Å². The lowest BCUT2D eigenvalue weighted by Gasteiger charge is -2.42. The fourth-order valence-electron chi connectivity index (χ4n) is 2.36. The molecule has 0 bridgehead atoms. The lowest BCUT2D eigenvalue weighted by molar-refractivity contribution is 0.0436. The minimum Gasteiger partial charge on any atom is -0.381 e. The predicted octanol–water partition coefficient (Wildman–Crippen LogP) is 2.11. The lowest BCUT2D eigenvalue weighted by Crippen LogP contribution is -2.60. The summed E-state index contributed by atoms with van der Waals surface area (Å²) in [6, 6.07) is 5.65. The van der Waals surface area contributed by atoms with Crippen molar-refractivity contribution >= 4 is 27.5 Å². The van der Waals surface area contributed by atoms with Gasteiger partial charge in [0.05, 0.1) is 18.8 Å². The third-order valence-corrected chi connectivity index (χ3v) is 3.79. The van der Waals surface area contributed by atoms with Gasteiger partial charge in [-0.2, -0.15) is 0 Å². The van der Waals surface area contributed by atoms with E-state index in [0.717, 1.165) is 23.0 Å². The number of ether oxygens (including phenoxy) is 1. The lowest BCUT2D eigenvalue weighted by atomic mass is 9.95. The van der Waals surface area contributed by atoms with Crippen molar-refractivity contribution in [2.45, 2.75) is 18.5 Å². The van der Waals surface area contributed by atoms with Crippen LogP contribution in [0.3, 0.4) is 0 Å². The summed E-state index contributed by atoms with van der Waals surface area (Å²) in [7, 11) is 0. The molecular formula is C12H13BrN2O2. The average Bonchev–Trinajstić information content (AvgIpc) is 2.29. The normalized spacial score (nSPS) is 21.6. The molecule has 2 aliphatic heterocycles. The summed E-state index contributed by atoms with van der Waals surface area (Å²) in [6.07, 6.45) is 1.59. The van der Waals surface area contributed by atoms with Crippen molar-refractivity contribution < 1.29 is 9.53 Å². The third kappa shape index (κ3) is 1.93. The van der Waals surface area contributed by atoms with Crippen molar-refractivity contribution in [2.75, 3.05) is 18.5 Å². The number of anilines is 1. The predicted molar refractivity (Wildman–Crippen MR) is 68.0 cm³/mol. The Kier molecular flexibility index (Phi) is 2.60. The van der Waals surface area contributed by atoms with Crippen LogP contribution in [0.25, 0.3) is 0 Å². The highest BCUT2D eigenvalue weighted by atomic mass is 79.9. The van der Waals surface area contributed by atoms with Gasteiger partial charge in [0.2, 0.25) is 0 Å². The van der Waals surface area contributed by atoms with Crippen molar-refractivity contribution in [3.8, 4) is 0 Å². The van der Waals surface area contributed by atoms with Gasteiger partial charge in [-0.1, -0.05) is 15.9 Å². The molecule has 2 N–H and O–H groups in total. The van der Waals surface area contributed by atoms with E-state index in [9.17, 15) is 4.79 Å². The van der Waals surface area contributed by atoms with E-state index < -0.39 is 0 Å². The summed E-state index contributed by atoms with van der Waals surface area (Å²) in [5, 5.41) is 6.50. The van der Waals surface area contributed by atoms with Crippen LogP contribution in [0.5, 0.6) is 0 Å². The van der Waals surface area contributed by atoms with Gasteiger partial charge in [0, 0.05) is 23.0 Å². The molecular weight excluding hydrogens is 284 g/mol. The maximum absolute atomic E-state index is 12.1. The Balaban J connectivity index is 1.98. The number of fused-ring (bicyclic) bond motifs is 1. The first kappa shape index (κ1) is 11.0. The van der Waals surface area contributed by atoms with Crippen molar-refractivity contribution in [3.05, 3.63) is 28.2 Å². The van der Waals surface area contributed by atoms with Crippen LogP contribution < -0.4 is 10.6 Å². The first-order valence-electron chi connectivity index (χ1n) is 5.67. The van der Waals surface area contributed by atoms with Gasteiger partial charge in [0.1, 0.15) is 5.66 Å². The smallest absolute Gasteiger partial charge is 0.255 e. The highest BCUT2D eigenvalue weighted by Crippen LogP contribution is 2.32. The maximum atomic E-state index is 12.1. The molecule has 1 amide bonds. The molecule has 0 aliphatic carbocycles. The maximum Gasteiger partial charge on any atom is 0.255 e. The zero-order chi connectivity index (χ0) is 11.9. The largest absolute Gasteiger partial charge is 0.381 e. The topological polar surface area (TPSA) is 50.4 Å². The van der Waals surface area contributed by atoms with Crippen LogP contribution in [0.1, 0.15) is 23.2 Å². The molecule has 4 nitrogen and oxygen atoms in total. The fraction of sp³-hybridized carbons (Fsp3) is 0.417. The van der Waals surface area contributed by atoms with Crippen LogP contribution in [0, 0.1) is 0 Å². The minimum absolute atomic E-state index is 0.00634. The molecule has 90 valence electrons. The molecule has 1 saturated heterocycles. The quantitative estimate of drug-likeness (QED) is 0.771. The summed E-state index contributed by atoms with van der Waals surface area (Å²) >= 11 is 3.43. The molecule has 1 aromatic rings. The molecule has 3 rings (SSSR count). The van der Waals surface area contributed by atoms with Gasteiger partial charge in [0.15, 0.2) is 0 Å². The van der Waals surface area contributed by atoms with Crippen molar-refractivity contribution in [3.63, 3.8) is 0 Å². The van der Waals surface area contributed by atoms with Crippen molar-refractivity contribution in [2.24, 2.45) is 0 Å². The number of carbonyl (C=O) groups is 1. The molecule has 1 aromatic carbocycles. The highest BCUT2D eigenvalue weighted by molar-refractivity contribution is 9.10. The monoisotopic (exact) mass is 296 g/mol. The Labute approximate surface area is 108 Å². The summed E-state index contributed by atoms with van der Waals surface area (Å²) in [5.41, 5.74) is 1.26. The molecule has 0 atom stereocenters. The van der Waals surface area contributed by atoms with E-state index in [0.29, 0.717) is 18.8 Å². The number of amides is 1. The molecule has 5 heteroatoms. The molecule has 2 heterocycles. The second-order valence-corrected chi connectivity index (χ2v) is 5.38. The first-order chi connectivity index (χ1) is 8.19. The summed E-state index contributed by atoms with van der Waals surface area (Å²) in [5.74, 6) is -0.00634. The first-order valence-corrected chi connectivity index (χ1v) is 6.46. The van der Waals surface area contributed by atoms with Crippen LogP contribution >= 0.6 is 15.9 Å². The minimum atomic E-state index is -0.330. The van der Waals surface area contributed by atoms with E-state index >= 15 is 0 Å². The van der Waals surface area contributed by atoms with Gasteiger partial charge in [-0.15, -0.1) is 0 Å². The molecule has 1 fully saturated rings. The summed E-state index contributed by atoms with van der Waals surface area (Å²) in [4.78, 5) is 12.1. The number of hydrogen-bond donors (Lipinski definition) is 2. The number of rotatable bonds is 0. The van der Waals surface area contributed by atoms with Gasteiger partial charge in [-0.05, 0) is 18.2 Å². The number of nitrogens with one attached hydrogen (secondary N) is 2.